The summed E-state index contributed by atoms with van der Waals surface area (Å²) in [4.78, 5) is 12.3. The van der Waals surface area contributed by atoms with E-state index < -0.39 is 0 Å². The molecule has 4 nitrogen and oxygen atoms in total. The monoisotopic (exact) mass is 354 g/mol. The standard InChI is InChI=1S/C22H30N2O2/c1-5-18-8-6-7-17(4)22(18)24-21(25)15-23-19-9-11-20(12-10-19)26-14-13-16(2)3/h6-12,16,23H,5,13-15H2,1-4H3,(H,24,25). The number of para-hydroxylation sites is 1. The number of hydrogen-bond donors (Lipinski definition) is 2. The molecular formula is C22H30N2O2. The Morgan fingerprint density at radius 1 is 1.12 bits per heavy atom. The molecule has 0 bridgehead atoms. The van der Waals surface area contributed by atoms with Crippen LogP contribution in [0.1, 0.15) is 38.3 Å². The lowest BCUT2D eigenvalue weighted by atomic mass is 10.1. The molecule has 140 valence electrons. The van der Waals surface area contributed by atoms with Crippen LogP contribution in [0.25, 0.3) is 0 Å². The Labute approximate surface area is 157 Å². The normalized spacial score (nSPS) is 10.7. The van der Waals surface area contributed by atoms with Gasteiger partial charge < -0.3 is 15.4 Å². The number of hydrogen-bond acceptors (Lipinski definition) is 3. The van der Waals surface area contributed by atoms with Crippen molar-refractivity contribution < 1.29 is 9.53 Å². The van der Waals surface area contributed by atoms with Crippen LogP contribution in [-0.4, -0.2) is 19.1 Å². The largest absolute Gasteiger partial charge is 0.494 e. The fourth-order valence-electron chi connectivity index (χ4n) is 2.65. The Morgan fingerprint density at radius 3 is 2.50 bits per heavy atom. The maximum absolute atomic E-state index is 12.3. The lowest BCUT2D eigenvalue weighted by Gasteiger charge is -2.14. The van der Waals surface area contributed by atoms with E-state index in [0.29, 0.717) is 5.92 Å². The number of nitrogens with one attached hydrogen (secondary N) is 2. The van der Waals surface area contributed by atoms with E-state index in [2.05, 4.69) is 31.4 Å². The Morgan fingerprint density at radius 2 is 1.85 bits per heavy atom. The maximum Gasteiger partial charge on any atom is 0.243 e. The number of aryl methyl sites for hydroxylation is 2. The average molecular weight is 354 g/mol. The highest BCUT2D eigenvalue weighted by Crippen LogP contribution is 2.21. The van der Waals surface area contributed by atoms with E-state index in [1.54, 1.807) is 0 Å². The smallest absolute Gasteiger partial charge is 0.243 e. The molecule has 2 aromatic carbocycles. The van der Waals surface area contributed by atoms with Crippen LogP contribution in [-0.2, 0) is 11.2 Å². The molecule has 0 radical (unpaired) electrons. The minimum absolute atomic E-state index is 0.0498. The van der Waals surface area contributed by atoms with Gasteiger partial charge in [-0.1, -0.05) is 39.0 Å². The molecule has 0 fully saturated rings. The van der Waals surface area contributed by atoms with E-state index >= 15 is 0 Å². The second-order valence-corrected chi connectivity index (χ2v) is 6.92. The predicted molar refractivity (Wildman–Crippen MR) is 109 cm³/mol. The Hall–Kier alpha value is -2.49. The molecule has 0 spiro atoms. The average Bonchev–Trinajstić information content (AvgIpc) is 2.62. The first-order valence-electron chi connectivity index (χ1n) is 9.34. The number of amides is 1. The summed E-state index contributed by atoms with van der Waals surface area (Å²) < 4.78 is 5.71. The minimum atomic E-state index is -0.0498. The van der Waals surface area contributed by atoms with Crippen molar-refractivity contribution in [1.29, 1.82) is 0 Å². The zero-order chi connectivity index (χ0) is 18.9. The van der Waals surface area contributed by atoms with E-state index in [4.69, 9.17) is 4.74 Å². The molecular weight excluding hydrogens is 324 g/mol. The molecule has 0 saturated heterocycles. The van der Waals surface area contributed by atoms with E-state index in [-0.39, 0.29) is 12.5 Å². The minimum Gasteiger partial charge on any atom is -0.494 e. The van der Waals surface area contributed by atoms with Crippen LogP contribution in [0, 0.1) is 12.8 Å². The summed E-state index contributed by atoms with van der Waals surface area (Å²) in [6.45, 7) is 9.42. The number of carbonyl (C=O) groups excluding carboxylic acids is 1. The number of ether oxygens (including phenoxy) is 1. The number of carbonyl (C=O) groups is 1. The highest BCUT2D eigenvalue weighted by Gasteiger charge is 2.08. The summed E-state index contributed by atoms with van der Waals surface area (Å²) in [5.41, 5.74) is 4.06. The molecule has 2 rings (SSSR count). The van der Waals surface area contributed by atoms with Crippen LogP contribution in [0.2, 0.25) is 0 Å². The topological polar surface area (TPSA) is 50.4 Å². The van der Waals surface area contributed by atoms with Crippen LogP contribution in [0.5, 0.6) is 5.75 Å². The lowest BCUT2D eigenvalue weighted by Crippen LogP contribution is -2.22. The summed E-state index contributed by atoms with van der Waals surface area (Å²) in [7, 11) is 0. The second-order valence-electron chi connectivity index (χ2n) is 6.92. The van der Waals surface area contributed by atoms with Crippen LogP contribution in [0.3, 0.4) is 0 Å². The molecule has 26 heavy (non-hydrogen) atoms. The van der Waals surface area contributed by atoms with Crippen molar-refractivity contribution in [1.82, 2.24) is 0 Å². The Bertz CT molecular complexity index is 709. The van der Waals surface area contributed by atoms with Gasteiger partial charge in [0.05, 0.1) is 13.2 Å². The molecule has 0 saturated carbocycles. The van der Waals surface area contributed by atoms with E-state index in [1.807, 2.05) is 49.4 Å². The van der Waals surface area contributed by atoms with Crippen molar-refractivity contribution in [3.63, 3.8) is 0 Å². The molecule has 0 heterocycles. The summed E-state index contributed by atoms with van der Waals surface area (Å²) in [5, 5.41) is 6.18. The third-order valence-electron chi connectivity index (χ3n) is 4.28. The number of benzene rings is 2. The fraction of sp³-hybridized carbons (Fsp3) is 0.409. The van der Waals surface area contributed by atoms with Crippen molar-refractivity contribution in [3.8, 4) is 5.75 Å². The van der Waals surface area contributed by atoms with E-state index in [1.165, 1.54) is 0 Å². The highest BCUT2D eigenvalue weighted by atomic mass is 16.5. The molecule has 0 aliphatic carbocycles. The first-order valence-corrected chi connectivity index (χ1v) is 9.34. The lowest BCUT2D eigenvalue weighted by molar-refractivity contribution is -0.114. The number of anilines is 2. The zero-order valence-corrected chi connectivity index (χ0v) is 16.3. The van der Waals surface area contributed by atoms with Gasteiger partial charge in [0, 0.05) is 11.4 Å². The summed E-state index contributed by atoms with van der Waals surface area (Å²) in [5.74, 6) is 1.44. The molecule has 2 N–H and O–H groups in total. The quantitative estimate of drug-likeness (QED) is 0.664. The van der Waals surface area contributed by atoms with Gasteiger partial charge in [-0.05, 0) is 61.1 Å². The van der Waals surface area contributed by atoms with Crippen molar-refractivity contribution in [2.24, 2.45) is 5.92 Å². The zero-order valence-electron chi connectivity index (χ0n) is 16.3. The summed E-state index contributed by atoms with van der Waals surface area (Å²) in [6.07, 6.45) is 1.93. The molecule has 0 aliphatic heterocycles. The van der Waals surface area contributed by atoms with E-state index in [9.17, 15) is 4.79 Å². The van der Waals surface area contributed by atoms with Gasteiger partial charge in [0.1, 0.15) is 5.75 Å². The maximum atomic E-state index is 12.3. The van der Waals surface area contributed by atoms with Gasteiger partial charge in [-0.3, -0.25) is 4.79 Å². The van der Waals surface area contributed by atoms with Crippen LogP contribution >= 0.6 is 0 Å². The van der Waals surface area contributed by atoms with Gasteiger partial charge in [-0.2, -0.15) is 0 Å². The molecule has 2 aromatic rings. The van der Waals surface area contributed by atoms with Gasteiger partial charge in [-0.15, -0.1) is 0 Å². The predicted octanol–water partition coefficient (Wildman–Crippen LogP) is 5.03. The first-order chi connectivity index (χ1) is 12.5. The van der Waals surface area contributed by atoms with Gasteiger partial charge in [0.25, 0.3) is 0 Å². The Kier molecular flexibility index (Phi) is 7.52. The number of rotatable bonds is 9. The third-order valence-corrected chi connectivity index (χ3v) is 4.28. The van der Waals surface area contributed by atoms with Crippen molar-refractivity contribution in [3.05, 3.63) is 53.6 Å². The second kappa shape index (κ2) is 9.85. The van der Waals surface area contributed by atoms with Crippen molar-refractivity contribution >= 4 is 17.3 Å². The summed E-state index contributed by atoms with van der Waals surface area (Å²) >= 11 is 0. The fourth-order valence-corrected chi connectivity index (χ4v) is 2.65. The molecule has 4 heteroatoms. The first kappa shape index (κ1) is 19.8. The molecule has 1 amide bonds. The molecule has 0 atom stereocenters. The van der Waals surface area contributed by atoms with Gasteiger partial charge in [-0.25, -0.2) is 0 Å². The molecule has 0 aromatic heterocycles. The highest BCUT2D eigenvalue weighted by molar-refractivity contribution is 5.95. The summed E-state index contributed by atoms with van der Waals surface area (Å²) in [6, 6.07) is 13.8. The SMILES string of the molecule is CCc1cccc(C)c1NC(=O)CNc1ccc(OCCC(C)C)cc1. The van der Waals surface area contributed by atoms with Gasteiger partial charge in [0.15, 0.2) is 0 Å². The van der Waals surface area contributed by atoms with Crippen LogP contribution in [0.4, 0.5) is 11.4 Å². The van der Waals surface area contributed by atoms with Crippen molar-refractivity contribution in [2.75, 3.05) is 23.8 Å². The molecule has 0 unspecified atom stereocenters. The van der Waals surface area contributed by atoms with Gasteiger partial charge in [0.2, 0.25) is 5.91 Å². The van der Waals surface area contributed by atoms with Crippen LogP contribution in [0.15, 0.2) is 42.5 Å². The van der Waals surface area contributed by atoms with Gasteiger partial charge >= 0.3 is 0 Å². The Balaban J connectivity index is 1.84. The third kappa shape index (κ3) is 6.10. The van der Waals surface area contributed by atoms with Crippen molar-refractivity contribution in [2.45, 2.75) is 40.5 Å². The van der Waals surface area contributed by atoms with Crippen LogP contribution < -0.4 is 15.4 Å². The molecule has 0 aliphatic rings. The van der Waals surface area contributed by atoms with E-state index in [0.717, 1.165) is 47.7 Å².